The molecule has 54 valence electrons. The van der Waals surface area contributed by atoms with Crippen LogP contribution in [0, 0.1) is 6.07 Å². The molecule has 0 N–H and O–H groups in total. The van der Waals surface area contributed by atoms with Gasteiger partial charge in [-0.25, -0.2) is 5.21 Å². The predicted octanol–water partition coefficient (Wildman–Crippen LogP) is -5.70. The molecule has 0 aliphatic carbocycles. The van der Waals surface area contributed by atoms with E-state index < -0.39 is 0 Å². The van der Waals surface area contributed by atoms with Gasteiger partial charge in [0.05, 0.1) is 0 Å². The third-order valence-electron chi connectivity index (χ3n) is 1.27. The Kier molecular flexibility index (Phi) is 5.78. The quantitative estimate of drug-likeness (QED) is 0.306. The van der Waals surface area contributed by atoms with Crippen molar-refractivity contribution in [3.63, 3.8) is 0 Å². The maximum Gasteiger partial charge on any atom is 1.00 e. The SMILES string of the molecule is [Li+].[Li+].[c-]1ccccc1-c1nnn[n-]1. The van der Waals surface area contributed by atoms with Gasteiger partial charge >= 0.3 is 37.7 Å². The molecular weight excluding hydrogens is 154 g/mol. The van der Waals surface area contributed by atoms with Gasteiger partial charge in [-0.1, -0.05) is 0 Å². The van der Waals surface area contributed by atoms with Crippen LogP contribution in [0.25, 0.3) is 11.4 Å². The van der Waals surface area contributed by atoms with Crippen molar-refractivity contribution < 1.29 is 37.7 Å². The summed E-state index contributed by atoms with van der Waals surface area (Å²) in [5.74, 6) is 0.519. The smallest absolute Gasteiger partial charge is 0.382 e. The summed E-state index contributed by atoms with van der Waals surface area (Å²) in [6.45, 7) is 0. The van der Waals surface area contributed by atoms with Crippen molar-refractivity contribution in [1.29, 1.82) is 0 Å². The Hall–Kier alpha value is -0.515. The second-order valence-electron chi connectivity index (χ2n) is 1.98. The molecule has 0 saturated carbocycles. The van der Waals surface area contributed by atoms with Crippen LogP contribution in [0.15, 0.2) is 24.3 Å². The van der Waals surface area contributed by atoms with E-state index in [1.165, 1.54) is 0 Å². The Bertz CT molecular complexity index is 321. The summed E-state index contributed by atoms with van der Waals surface area (Å²) >= 11 is 0. The summed E-state index contributed by atoms with van der Waals surface area (Å²) in [7, 11) is 0. The molecule has 0 amide bonds. The van der Waals surface area contributed by atoms with Crippen molar-refractivity contribution in [2.75, 3.05) is 0 Å². The van der Waals surface area contributed by atoms with Crippen molar-refractivity contribution in [2.45, 2.75) is 0 Å². The third-order valence-corrected chi connectivity index (χ3v) is 1.27. The second kappa shape index (κ2) is 6.02. The zero-order chi connectivity index (χ0) is 7.52. The first-order valence-corrected chi connectivity index (χ1v) is 3.12. The van der Waals surface area contributed by atoms with Crippen LogP contribution in [-0.4, -0.2) is 15.5 Å². The van der Waals surface area contributed by atoms with Crippen molar-refractivity contribution in [2.24, 2.45) is 0 Å². The molecule has 6 heteroatoms. The van der Waals surface area contributed by atoms with E-state index in [0.29, 0.717) is 5.82 Å². The van der Waals surface area contributed by atoms with E-state index in [0.717, 1.165) is 5.56 Å². The molecule has 0 radical (unpaired) electrons. The van der Waals surface area contributed by atoms with Gasteiger partial charge < -0.3 is 10.2 Å². The summed E-state index contributed by atoms with van der Waals surface area (Å²) in [5, 5.41) is 14.1. The number of hydrogen-bond acceptors (Lipinski definition) is 3. The molecule has 0 fully saturated rings. The maximum absolute atomic E-state index is 3.68. The topological polar surface area (TPSA) is 52.8 Å². The summed E-state index contributed by atoms with van der Waals surface area (Å²) in [4.78, 5) is 0. The van der Waals surface area contributed by atoms with E-state index in [-0.39, 0.29) is 37.7 Å². The average molecular weight is 158 g/mol. The van der Waals surface area contributed by atoms with Crippen molar-refractivity contribution in [3.8, 4) is 11.4 Å². The van der Waals surface area contributed by atoms with E-state index in [1.807, 2.05) is 18.2 Å². The fourth-order valence-electron chi connectivity index (χ4n) is 0.785. The average Bonchev–Trinajstić information content (AvgIpc) is 2.58. The van der Waals surface area contributed by atoms with Crippen LogP contribution in [0.3, 0.4) is 0 Å². The number of aromatic nitrogens is 4. The van der Waals surface area contributed by atoms with Gasteiger partial charge in [-0.15, -0.1) is 35.9 Å². The summed E-state index contributed by atoms with van der Waals surface area (Å²) in [6.07, 6.45) is 0. The summed E-state index contributed by atoms with van der Waals surface area (Å²) < 4.78 is 0. The third kappa shape index (κ3) is 3.02. The standard InChI is InChI=1S/C7H4N4.2Li/c1-2-4-6(5-3-1)7-8-10-11-9-7;;/h1-4H;;/q-2;2*+1. The molecule has 1 aromatic heterocycles. The number of benzene rings is 1. The molecule has 0 aliphatic rings. The number of tetrazole rings is 1. The Morgan fingerprint density at radius 2 is 2.08 bits per heavy atom. The molecule has 4 nitrogen and oxygen atoms in total. The van der Waals surface area contributed by atoms with Crippen LogP contribution in [0.4, 0.5) is 0 Å². The molecule has 13 heavy (non-hydrogen) atoms. The minimum Gasteiger partial charge on any atom is -0.382 e. The van der Waals surface area contributed by atoms with Gasteiger partial charge in [-0.3, -0.25) is 5.21 Å². The largest absolute Gasteiger partial charge is 1.00 e. The zero-order valence-corrected chi connectivity index (χ0v) is 7.60. The Balaban J connectivity index is 0.000000720. The van der Waals surface area contributed by atoms with Crippen LogP contribution < -0.4 is 42.8 Å². The fourth-order valence-corrected chi connectivity index (χ4v) is 0.785. The number of nitrogens with zero attached hydrogens (tertiary/aromatic N) is 4. The van der Waals surface area contributed by atoms with Crippen LogP contribution in [0.2, 0.25) is 0 Å². The molecule has 1 aromatic carbocycles. The molecule has 0 unspecified atom stereocenters. The molecule has 2 rings (SSSR count). The first-order valence-electron chi connectivity index (χ1n) is 3.12. The number of hydrogen-bond donors (Lipinski definition) is 0. The Morgan fingerprint density at radius 3 is 2.62 bits per heavy atom. The van der Waals surface area contributed by atoms with Crippen LogP contribution >= 0.6 is 0 Å². The van der Waals surface area contributed by atoms with E-state index in [4.69, 9.17) is 0 Å². The van der Waals surface area contributed by atoms with E-state index in [2.05, 4.69) is 26.7 Å². The molecule has 0 bridgehead atoms. The second-order valence-corrected chi connectivity index (χ2v) is 1.98. The molecule has 1 heterocycles. The first kappa shape index (κ1) is 12.5. The van der Waals surface area contributed by atoms with Gasteiger partial charge in [0.2, 0.25) is 0 Å². The van der Waals surface area contributed by atoms with Crippen molar-refractivity contribution in [3.05, 3.63) is 30.3 Å². The normalized spacial score (nSPS) is 8.31. The van der Waals surface area contributed by atoms with Gasteiger partial charge in [-0.2, -0.15) is 0 Å². The minimum atomic E-state index is 0. The van der Waals surface area contributed by atoms with Crippen LogP contribution in [0.5, 0.6) is 0 Å². The van der Waals surface area contributed by atoms with E-state index in [9.17, 15) is 0 Å². The first-order chi connectivity index (χ1) is 5.47. The molecule has 2 aromatic rings. The van der Waals surface area contributed by atoms with Crippen molar-refractivity contribution >= 4 is 0 Å². The van der Waals surface area contributed by atoms with Crippen LogP contribution in [0.1, 0.15) is 0 Å². The van der Waals surface area contributed by atoms with Gasteiger partial charge in [-0.05, 0) is 5.82 Å². The molecule has 0 atom stereocenters. The zero-order valence-electron chi connectivity index (χ0n) is 7.60. The number of rotatable bonds is 1. The van der Waals surface area contributed by atoms with Gasteiger partial charge in [0.15, 0.2) is 0 Å². The summed E-state index contributed by atoms with van der Waals surface area (Å²) in [6, 6.07) is 10.4. The van der Waals surface area contributed by atoms with Crippen molar-refractivity contribution in [1.82, 2.24) is 20.6 Å². The van der Waals surface area contributed by atoms with Gasteiger partial charge in [0.1, 0.15) is 0 Å². The molecular formula is C7H4Li2N4. The Morgan fingerprint density at radius 1 is 1.23 bits per heavy atom. The maximum atomic E-state index is 3.68. The molecule has 0 spiro atoms. The molecule has 0 saturated heterocycles. The van der Waals surface area contributed by atoms with Gasteiger partial charge in [0.25, 0.3) is 0 Å². The van der Waals surface area contributed by atoms with E-state index in [1.54, 1.807) is 6.07 Å². The fraction of sp³-hybridized carbons (Fsp3) is 0. The van der Waals surface area contributed by atoms with Crippen LogP contribution in [-0.2, 0) is 0 Å². The minimum absolute atomic E-state index is 0. The van der Waals surface area contributed by atoms with E-state index >= 15 is 0 Å². The monoisotopic (exact) mass is 158 g/mol. The van der Waals surface area contributed by atoms with Gasteiger partial charge in [0, 0.05) is 0 Å². The Labute approximate surface area is 99.9 Å². The molecule has 0 aliphatic heterocycles. The summed E-state index contributed by atoms with van der Waals surface area (Å²) in [5.41, 5.74) is 0.817. The predicted molar refractivity (Wildman–Crippen MR) is 37.4 cm³/mol.